The fraction of sp³-hybridized carbons (Fsp3) is 0.429. The van der Waals surface area contributed by atoms with E-state index in [0.29, 0.717) is 12.0 Å². The highest BCUT2D eigenvalue weighted by Gasteiger charge is 2.43. The molecule has 0 aromatic heterocycles. The molecule has 0 amide bonds. The molecule has 18 heavy (non-hydrogen) atoms. The number of carbonyl (C=O) groups excluding carboxylic acids is 2. The number of ether oxygens (including phenoxy) is 1. The van der Waals surface area contributed by atoms with Crippen molar-refractivity contribution in [1.29, 1.82) is 0 Å². The number of hydrogen-bond donors (Lipinski definition) is 1. The van der Waals surface area contributed by atoms with Gasteiger partial charge in [0.2, 0.25) is 0 Å². The number of carbonyl (C=O) groups is 2. The van der Waals surface area contributed by atoms with E-state index in [-0.39, 0.29) is 5.78 Å². The summed E-state index contributed by atoms with van der Waals surface area (Å²) in [7, 11) is 1.19. The summed E-state index contributed by atoms with van der Waals surface area (Å²) in [4.78, 5) is 23.8. The van der Waals surface area contributed by atoms with Crippen molar-refractivity contribution >= 4 is 11.8 Å². The zero-order valence-electron chi connectivity index (χ0n) is 10.8. The summed E-state index contributed by atoms with van der Waals surface area (Å²) >= 11 is 0. The molecule has 0 heterocycles. The van der Waals surface area contributed by atoms with Gasteiger partial charge in [0, 0.05) is 5.56 Å². The van der Waals surface area contributed by atoms with E-state index in [0.717, 1.165) is 0 Å². The third-order valence-corrected chi connectivity index (χ3v) is 3.06. The maximum Gasteiger partial charge on any atom is 0.338 e. The van der Waals surface area contributed by atoms with Gasteiger partial charge in [0.25, 0.3) is 0 Å². The van der Waals surface area contributed by atoms with E-state index in [9.17, 15) is 14.7 Å². The summed E-state index contributed by atoms with van der Waals surface area (Å²) in [6.07, 6.45) is 0.357. The van der Waals surface area contributed by atoms with Crippen molar-refractivity contribution in [3.05, 3.63) is 35.9 Å². The van der Waals surface area contributed by atoms with Gasteiger partial charge in [0.1, 0.15) is 0 Å². The van der Waals surface area contributed by atoms with Gasteiger partial charge in [-0.2, -0.15) is 0 Å². The van der Waals surface area contributed by atoms with Crippen molar-refractivity contribution in [1.82, 2.24) is 0 Å². The lowest BCUT2D eigenvalue weighted by Crippen LogP contribution is -2.47. The SMILES string of the molecule is CC[C@@H](C(=O)c1ccccc1)[C@](C)(O)C(=O)OC. The van der Waals surface area contributed by atoms with Crippen LogP contribution in [0.4, 0.5) is 0 Å². The number of esters is 1. The van der Waals surface area contributed by atoms with Gasteiger partial charge in [-0.15, -0.1) is 0 Å². The Balaban J connectivity index is 3.04. The van der Waals surface area contributed by atoms with E-state index < -0.39 is 17.5 Å². The summed E-state index contributed by atoms with van der Waals surface area (Å²) < 4.78 is 4.54. The molecule has 98 valence electrons. The first-order valence-corrected chi connectivity index (χ1v) is 5.85. The van der Waals surface area contributed by atoms with Crippen LogP contribution in [0.1, 0.15) is 30.6 Å². The molecule has 0 aliphatic rings. The molecule has 0 spiro atoms. The van der Waals surface area contributed by atoms with Gasteiger partial charge < -0.3 is 9.84 Å². The van der Waals surface area contributed by atoms with E-state index in [4.69, 9.17) is 0 Å². The number of aliphatic hydroxyl groups is 1. The van der Waals surface area contributed by atoms with Crippen molar-refractivity contribution in [2.75, 3.05) is 7.11 Å². The van der Waals surface area contributed by atoms with E-state index in [1.54, 1.807) is 37.3 Å². The Bertz CT molecular complexity index is 423. The minimum absolute atomic E-state index is 0.256. The molecule has 1 rings (SSSR count). The van der Waals surface area contributed by atoms with E-state index in [1.165, 1.54) is 14.0 Å². The lowest BCUT2D eigenvalue weighted by Gasteiger charge is -2.28. The summed E-state index contributed by atoms with van der Waals surface area (Å²) in [5, 5.41) is 10.2. The Morgan fingerprint density at radius 2 is 1.89 bits per heavy atom. The Labute approximate surface area is 107 Å². The molecular weight excluding hydrogens is 232 g/mol. The van der Waals surface area contributed by atoms with Crippen LogP contribution in [-0.2, 0) is 9.53 Å². The molecule has 1 aromatic carbocycles. The van der Waals surface area contributed by atoms with Gasteiger partial charge in [-0.3, -0.25) is 4.79 Å². The Kier molecular flexibility index (Phi) is 4.62. The molecule has 1 N–H and O–H groups in total. The molecule has 0 unspecified atom stereocenters. The average Bonchev–Trinajstić information content (AvgIpc) is 2.39. The molecule has 2 atom stereocenters. The van der Waals surface area contributed by atoms with Crippen LogP contribution in [-0.4, -0.2) is 29.6 Å². The average molecular weight is 250 g/mol. The maximum atomic E-state index is 12.3. The zero-order valence-corrected chi connectivity index (χ0v) is 10.8. The summed E-state index contributed by atoms with van der Waals surface area (Å²) in [5.74, 6) is -1.86. The third kappa shape index (κ3) is 2.76. The lowest BCUT2D eigenvalue weighted by molar-refractivity contribution is -0.164. The van der Waals surface area contributed by atoms with Crippen molar-refractivity contribution in [2.24, 2.45) is 5.92 Å². The molecule has 0 fully saturated rings. The standard InChI is InChI=1S/C14H18O4/c1-4-11(14(2,17)13(16)18-3)12(15)10-8-6-5-7-9-10/h5-9,11,17H,4H2,1-3H3/t11-,14-/m0/s1. The van der Waals surface area contributed by atoms with E-state index in [2.05, 4.69) is 4.74 Å². The highest BCUT2D eigenvalue weighted by Crippen LogP contribution is 2.26. The number of Topliss-reactive ketones (excluding diaryl/α,β-unsaturated/α-hetero) is 1. The fourth-order valence-electron chi connectivity index (χ4n) is 1.99. The van der Waals surface area contributed by atoms with Gasteiger partial charge >= 0.3 is 5.97 Å². The monoisotopic (exact) mass is 250 g/mol. The maximum absolute atomic E-state index is 12.3. The Hall–Kier alpha value is -1.68. The predicted molar refractivity (Wildman–Crippen MR) is 67.2 cm³/mol. The quantitative estimate of drug-likeness (QED) is 0.639. The molecule has 4 nitrogen and oxygen atoms in total. The zero-order chi connectivity index (χ0) is 13.8. The van der Waals surface area contributed by atoms with Crippen LogP contribution in [0.25, 0.3) is 0 Å². The van der Waals surface area contributed by atoms with Crippen LogP contribution >= 0.6 is 0 Å². The van der Waals surface area contributed by atoms with Crippen molar-refractivity contribution < 1.29 is 19.4 Å². The van der Waals surface area contributed by atoms with Crippen LogP contribution < -0.4 is 0 Å². The lowest BCUT2D eigenvalue weighted by atomic mass is 9.81. The van der Waals surface area contributed by atoms with Crippen LogP contribution in [0.3, 0.4) is 0 Å². The Morgan fingerprint density at radius 3 is 2.33 bits per heavy atom. The molecule has 0 aliphatic carbocycles. The molecule has 0 radical (unpaired) electrons. The third-order valence-electron chi connectivity index (χ3n) is 3.06. The molecular formula is C14H18O4. The Morgan fingerprint density at radius 1 is 1.33 bits per heavy atom. The first-order valence-electron chi connectivity index (χ1n) is 5.85. The van der Waals surface area contributed by atoms with E-state index in [1.807, 2.05) is 0 Å². The number of benzene rings is 1. The molecule has 0 bridgehead atoms. The van der Waals surface area contributed by atoms with Crippen LogP contribution in [0.15, 0.2) is 30.3 Å². The van der Waals surface area contributed by atoms with Gasteiger partial charge in [0.05, 0.1) is 13.0 Å². The highest BCUT2D eigenvalue weighted by atomic mass is 16.5. The predicted octanol–water partition coefficient (Wildman–Crippen LogP) is 1.82. The summed E-state index contributed by atoms with van der Waals surface area (Å²) in [5.41, 5.74) is -1.33. The van der Waals surface area contributed by atoms with Crippen LogP contribution in [0.5, 0.6) is 0 Å². The highest BCUT2D eigenvalue weighted by molar-refractivity contribution is 6.01. The van der Waals surface area contributed by atoms with Gasteiger partial charge in [0.15, 0.2) is 11.4 Å². The first-order chi connectivity index (χ1) is 8.45. The summed E-state index contributed by atoms with van der Waals surface area (Å²) in [6.45, 7) is 3.07. The second kappa shape index (κ2) is 5.78. The molecule has 4 heteroatoms. The molecule has 1 aromatic rings. The van der Waals surface area contributed by atoms with Crippen LogP contribution in [0, 0.1) is 5.92 Å². The van der Waals surface area contributed by atoms with Gasteiger partial charge in [-0.05, 0) is 13.3 Å². The van der Waals surface area contributed by atoms with Crippen molar-refractivity contribution in [2.45, 2.75) is 25.9 Å². The molecule has 0 saturated carbocycles. The topological polar surface area (TPSA) is 63.6 Å². The largest absolute Gasteiger partial charge is 0.467 e. The normalized spacial score (nSPS) is 15.6. The first kappa shape index (κ1) is 14.4. The van der Waals surface area contributed by atoms with Gasteiger partial charge in [-0.25, -0.2) is 4.79 Å². The van der Waals surface area contributed by atoms with Crippen molar-refractivity contribution in [3.63, 3.8) is 0 Å². The van der Waals surface area contributed by atoms with Gasteiger partial charge in [-0.1, -0.05) is 37.3 Å². The number of methoxy groups -OCH3 is 1. The molecule has 0 aliphatic heterocycles. The minimum Gasteiger partial charge on any atom is -0.467 e. The summed E-state index contributed by atoms with van der Waals surface area (Å²) in [6, 6.07) is 8.62. The second-order valence-corrected chi connectivity index (χ2v) is 4.33. The second-order valence-electron chi connectivity index (χ2n) is 4.33. The van der Waals surface area contributed by atoms with E-state index >= 15 is 0 Å². The number of hydrogen-bond acceptors (Lipinski definition) is 4. The number of ketones is 1. The van der Waals surface area contributed by atoms with Crippen LogP contribution in [0.2, 0.25) is 0 Å². The smallest absolute Gasteiger partial charge is 0.338 e. The molecule has 0 saturated heterocycles. The minimum atomic E-state index is -1.81. The fourth-order valence-corrected chi connectivity index (χ4v) is 1.99. The van der Waals surface area contributed by atoms with Crippen molar-refractivity contribution in [3.8, 4) is 0 Å². The number of rotatable bonds is 5.